The largest absolute Gasteiger partial charge is 0.331 e. The van der Waals surface area contributed by atoms with Gasteiger partial charge in [0.15, 0.2) is 0 Å². The summed E-state index contributed by atoms with van der Waals surface area (Å²) in [6.07, 6.45) is 3.43. The van der Waals surface area contributed by atoms with E-state index in [1.54, 1.807) is 17.1 Å². The van der Waals surface area contributed by atoms with Crippen LogP contribution in [-0.2, 0) is 0 Å². The molecule has 0 saturated heterocycles. The number of hydrogen-bond donors (Lipinski definition) is 0. The maximum Gasteiger partial charge on any atom is 0.254 e. The molecule has 0 spiro atoms. The minimum Gasteiger partial charge on any atom is -0.331 e. The molecule has 0 radical (unpaired) electrons. The SMILES string of the molecule is C=CCN(CC=C)C(=O)c1ccc(Br)c(C)c1. The molecule has 0 aliphatic rings. The van der Waals surface area contributed by atoms with Crippen LogP contribution in [0.1, 0.15) is 15.9 Å². The predicted octanol–water partition coefficient (Wildman–Crippen LogP) is 3.57. The first-order chi connectivity index (χ1) is 8.10. The number of carbonyl (C=O) groups is 1. The molecule has 0 atom stereocenters. The second-order valence-electron chi connectivity index (χ2n) is 3.75. The quantitative estimate of drug-likeness (QED) is 0.760. The Bertz CT molecular complexity index is 430. The second kappa shape index (κ2) is 6.40. The minimum atomic E-state index is 0.000370. The zero-order valence-corrected chi connectivity index (χ0v) is 11.5. The molecule has 2 nitrogen and oxygen atoms in total. The maximum absolute atomic E-state index is 12.2. The Morgan fingerprint density at radius 1 is 1.35 bits per heavy atom. The molecular formula is C14H16BrNO. The average Bonchev–Trinajstić information content (AvgIpc) is 2.31. The van der Waals surface area contributed by atoms with Gasteiger partial charge in [0.05, 0.1) is 0 Å². The van der Waals surface area contributed by atoms with E-state index in [4.69, 9.17) is 0 Å². The van der Waals surface area contributed by atoms with E-state index in [2.05, 4.69) is 29.1 Å². The topological polar surface area (TPSA) is 20.3 Å². The third-order valence-corrected chi connectivity index (χ3v) is 3.28. The summed E-state index contributed by atoms with van der Waals surface area (Å²) >= 11 is 3.42. The normalized spacial score (nSPS) is 9.76. The summed E-state index contributed by atoms with van der Waals surface area (Å²) in [4.78, 5) is 13.9. The van der Waals surface area contributed by atoms with E-state index in [0.717, 1.165) is 10.0 Å². The Labute approximate surface area is 111 Å². The Hall–Kier alpha value is -1.35. The van der Waals surface area contributed by atoms with Crippen LogP contribution in [0.4, 0.5) is 0 Å². The molecule has 1 amide bonds. The summed E-state index contributed by atoms with van der Waals surface area (Å²) in [6, 6.07) is 5.59. The third-order valence-electron chi connectivity index (χ3n) is 2.39. The summed E-state index contributed by atoms with van der Waals surface area (Å²) < 4.78 is 1.01. The molecule has 0 aliphatic heterocycles. The molecule has 0 heterocycles. The standard InChI is InChI=1S/C14H16BrNO/c1-4-8-16(9-5-2)14(17)12-6-7-13(15)11(3)10-12/h4-7,10H,1-2,8-9H2,3H3. The van der Waals surface area contributed by atoms with Crippen LogP contribution in [0, 0.1) is 6.92 Å². The van der Waals surface area contributed by atoms with Crippen molar-refractivity contribution in [2.24, 2.45) is 0 Å². The van der Waals surface area contributed by atoms with Crippen LogP contribution >= 0.6 is 15.9 Å². The fourth-order valence-corrected chi connectivity index (χ4v) is 1.76. The molecular weight excluding hydrogens is 278 g/mol. The molecule has 0 N–H and O–H groups in total. The smallest absolute Gasteiger partial charge is 0.254 e. The Morgan fingerprint density at radius 2 is 1.94 bits per heavy atom. The summed E-state index contributed by atoms with van der Waals surface area (Å²) in [5.74, 6) is 0.000370. The van der Waals surface area contributed by atoms with E-state index in [-0.39, 0.29) is 5.91 Å². The first-order valence-electron chi connectivity index (χ1n) is 5.37. The van der Waals surface area contributed by atoms with Gasteiger partial charge >= 0.3 is 0 Å². The Balaban J connectivity index is 2.95. The molecule has 90 valence electrons. The summed E-state index contributed by atoms with van der Waals surface area (Å²) in [5, 5.41) is 0. The van der Waals surface area contributed by atoms with Crippen molar-refractivity contribution < 1.29 is 4.79 Å². The van der Waals surface area contributed by atoms with Crippen molar-refractivity contribution in [1.29, 1.82) is 0 Å². The zero-order chi connectivity index (χ0) is 12.8. The Kier molecular flexibility index (Phi) is 5.16. The summed E-state index contributed by atoms with van der Waals surface area (Å²) in [6.45, 7) is 10.3. The van der Waals surface area contributed by atoms with Gasteiger partial charge < -0.3 is 4.90 Å². The third kappa shape index (κ3) is 3.56. The monoisotopic (exact) mass is 293 g/mol. The van der Waals surface area contributed by atoms with Crippen LogP contribution in [0.2, 0.25) is 0 Å². The van der Waals surface area contributed by atoms with Gasteiger partial charge in [-0.1, -0.05) is 28.1 Å². The highest BCUT2D eigenvalue weighted by atomic mass is 79.9. The molecule has 3 heteroatoms. The number of rotatable bonds is 5. The van der Waals surface area contributed by atoms with Crippen LogP contribution in [0.15, 0.2) is 48.0 Å². The summed E-state index contributed by atoms with van der Waals surface area (Å²) in [5.41, 5.74) is 1.74. The molecule has 0 unspecified atom stereocenters. The van der Waals surface area contributed by atoms with Gasteiger partial charge in [-0.2, -0.15) is 0 Å². The minimum absolute atomic E-state index is 0.000370. The molecule has 0 saturated carbocycles. The van der Waals surface area contributed by atoms with E-state index in [9.17, 15) is 4.79 Å². The van der Waals surface area contributed by atoms with Crippen LogP contribution in [0.5, 0.6) is 0 Å². The number of hydrogen-bond acceptors (Lipinski definition) is 1. The van der Waals surface area contributed by atoms with Crippen molar-refractivity contribution in [2.45, 2.75) is 6.92 Å². The molecule has 1 aromatic carbocycles. The van der Waals surface area contributed by atoms with Crippen molar-refractivity contribution in [1.82, 2.24) is 4.90 Å². The van der Waals surface area contributed by atoms with Gasteiger partial charge in [0.25, 0.3) is 5.91 Å². The molecule has 1 rings (SSSR count). The molecule has 0 bridgehead atoms. The number of halogens is 1. The van der Waals surface area contributed by atoms with E-state index in [1.807, 2.05) is 25.1 Å². The van der Waals surface area contributed by atoms with Gasteiger partial charge in [0.1, 0.15) is 0 Å². The van der Waals surface area contributed by atoms with Crippen molar-refractivity contribution in [2.75, 3.05) is 13.1 Å². The predicted molar refractivity (Wildman–Crippen MR) is 75.2 cm³/mol. The van der Waals surface area contributed by atoms with Crippen LogP contribution in [0.25, 0.3) is 0 Å². The first-order valence-corrected chi connectivity index (χ1v) is 6.16. The average molecular weight is 294 g/mol. The number of carbonyl (C=O) groups excluding carboxylic acids is 1. The van der Waals surface area contributed by atoms with Gasteiger partial charge in [-0.3, -0.25) is 4.79 Å². The van der Waals surface area contributed by atoms with E-state index >= 15 is 0 Å². The van der Waals surface area contributed by atoms with Gasteiger partial charge in [-0.25, -0.2) is 0 Å². The van der Waals surface area contributed by atoms with Crippen LogP contribution < -0.4 is 0 Å². The molecule has 17 heavy (non-hydrogen) atoms. The van der Waals surface area contributed by atoms with Crippen molar-refractivity contribution in [3.8, 4) is 0 Å². The molecule has 0 fully saturated rings. The van der Waals surface area contributed by atoms with Crippen molar-refractivity contribution >= 4 is 21.8 Å². The first kappa shape index (κ1) is 13.7. The lowest BCUT2D eigenvalue weighted by atomic mass is 10.1. The molecule has 1 aromatic rings. The van der Waals surface area contributed by atoms with E-state index in [1.165, 1.54) is 0 Å². The second-order valence-corrected chi connectivity index (χ2v) is 4.61. The van der Waals surface area contributed by atoms with Crippen molar-refractivity contribution in [3.05, 3.63) is 59.1 Å². The summed E-state index contributed by atoms with van der Waals surface area (Å²) in [7, 11) is 0. The van der Waals surface area contributed by atoms with Crippen molar-refractivity contribution in [3.63, 3.8) is 0 Å². The Morgan fingerprint density at radius 3 is 2.41 bits per heavy atom. The van der Waals surface area contributed by atoms with E-state index < -0.39 is 0 Å². The van der Waals surface area contributed by atoms with Gasteiger partial charge in [-0.15, -0.1) is 13.2 Å². The number of benzene rings is 1. The van der Waals surface area contributed by atoms with Crippen LogP contribution in [0.3, 0.4) is 0 Å². The van der Waals surface area contributed by atoms with Gasteiger partial charge in [-0.05, 0) is 30.7 Å². The highest BCUT2D eigenvalue weighted by molar-refractivity contribution is 9.10. The highest BCUT2D eigenvalue weighted by Gasteiger charge is 2.13. The van der Waals surface area contributed by atoms with Crippen LogP contribution in [-0.4, -0.2) is 23.9 Å². The zero-order valence-electron chi connectivity index (χ0n) is 9.95. The molecule has 0 aliphatic carbocycles. The van der Waals surface area contributed by atoms with Gasteiger partial charge in [0.2, 0.25) is 0 Å². The molecule has 0 aromatic heterocycles. The fourth-order valence-electron chi connectivity index (χ4n) is 1.51. The van der Waals surface area contributed by atoms with E-state index in [0.29, 0.717) is 18.7 Å². The van der Waals surface area contributed by atoms with Gasteiger partial charge in [0, 0.05) is 23.1 Å². The highest BCUT2D eigenvalue weighted by Crippen LogP contribution is 2.18. The fraction of sp³-hybridized carbons (Fsp3) is 0.214. The number of nitrogens with zero attached hydrogens (tertiary/aromatic N) is 1. The maximum atomic E-state index is 12.2. The number of amides is 1. The lowest BCUT2D eigenvalue weighted by molar-refractivity contribution is 0.0790. The number of aryl methyl sites for hydroxylation is 1. The lowest BCUT2D eigenvalue weighted by Gasteiger charge is -2.19. The lowest BCUT2D eigenvalue weighted by Crippen LogP contribution is -2.31.